The van der Waals surface area contributed by atoms with Crippen molar-refractivity contribution in [3.05, 3.63) is 64.1 Å². The van der Waals surface area contributed by atoms with Gasteiger partial charge in [-0.2, -0.15) is 0 Å². The third-order valence-electron chi connectivity index (χ3n) is 2.90. The van der Waals surface area contributed by atoms with Gasteiger partial charge in [0.15, 0.2) is 0 Å². The minimum Gasteiger partial charge on any atom is -0.389 e. The zero-order valence-electron chi connectivity index (χ0n) is 11.4. The number of nitrogens with one attached hydrogen (secondary N) is 1. The maximum Gasteiger partial charge on any atom is 0.0945 e. The van der Waals surface area contributed by atoms with Crippen LogP contribution >= 0.6 is 23.2 Å². The molecule has 2 aromatic carbocycles. The van der Waals surface area contributed by atoms with E-state index < -0.39 is 6.10 Å². The van der Waals surface area contributed by atoms with E-state index in [2.05, 4.69) is 5.32 Å². The van der Waals surface area contributed by atoms with E-state index in [9.17, 15) is 5.11 Å². The summed E-state index contributed by atoms with van der Waals surface area (Å²) in [6.07, 6.45) is -0.622. The second kappa shape index (κ2) is 8.25. The molecule has 0 amide bonds. The number of rotatable bonds is 7. The van der Waals surface area contributed by atoms with Gasteiger partial charge in [-0.05, 0) is 17.7 Å². The van der Waals surface area contributed by atoms with Gasteiger partial charge in [0.2, 0.25) is 0 Å². The molecule has 0 bridgehead atoms. The Morgan fingerprint density at radius 3 is 2.57 bits per heavy atom. The lowest BCUT2D eigenvalue weighted by atomic mass is 10.2. The van der Waals surface area contributed by atoms with Crippen LogP contribution in [0, 0.1) is 0 Å². The maximum atomic E-state index is 9.89. The fraction of sp³-hybridized carbons (Fsp3) is 0.250. The largest absolute Gasteiger partial charge is 0.389 e. The first-order valence-electron chi connectivity index (χ1n) is 6.64. The van der Waals surface area contributed by atoms with Gasteiger partial charge in [0.1, 0.15) is 0 Å². The van der Waals surface area contributed by atoms with E-state index in [1.54, 1.807) is 12.1 Å². The smallest absolute Gasteiger partial charge is 0.0945 e. The van der Waals surface area contributed by atoms with Crippen LogP contribution in [-0.4, -0.2) is 24.4 Å². The minimum atomic E-state index is -0.622. The molecule has 0 spiro atoms. The quantitative estimate of drug-likeness (QED) is 0.808. The van der Waals surface area contributed by atoms with Crippen LogP contribution in [0.1, 0.15) is 5.56 Å². The van der Waals surface area contributed by atoms with E-state index in [0.29, 0.717) is 28.9 Å². The molecule has 3 nitrogen and oxygen atoms in total. The van der Waals surface area contributed by atoms with E-state index >= 15 is 0 Å². The number of halogens is 2. The molecular formula is C16H17Cl2NO2. The standard InChI is InChI=1S/C16H17Cl2NO2/c17-14-7-4-8-15(16(14)18)19-9-13(20)11-21-10-12-5-2-1-3-6-12/h1-8,13,19-20H,9-11H2. The van der Waals surface area contributed by atoms with Gasteiger partial charge in [0, 0.05) is 6.54 Å². The van der Waals surface area contributed by atoms with Gasteiger partial charge in [-0.15, -0.1) is 0 Å². The predicted octanol–water partition coefficient (Wildman–Crippen LogP) is 3.98. The second-order valence-electron chi connectivity index (χ2n) is 4.64. The molecule has 1 atom stereocenters. The first-order valence-corrected chi connectivity index (χ1v) is 7.40. The summed E-state index contributed by atoms with van der Waals surface area (Å²) < 4.78 is 5.47. The lowest BCUT2D eigenvalue weighted by Crippen LogP contribution is -2.24. The van der Waals surface area contributed by atoms with Crippen molar-refractivity contribution < 1.29 is 9.84 Å². The van der Waals surface area contributed by atoms with Gasteiger partial charge in [0.25, 0.3) is 0 Å². The maximum absolute atomic E-state index is 9.89. The summed E-state index contributed by atoms with van der Waals surface area (Å²) in [4.78, 5) is 0. The number of benzene rings is 2. The van der Waals surface area contributed by atoms with Crippen LogP contribution in [-0.2, 0) is 11.3 Å². The van der Waals surface area contributed by atoms with Crippen LogP contribution < -0.4 is 5.32 Å². The molecule has 0 radical (unpaired) electrons. The minimum absolute atomic E-state index is 0.250. The summed E-state index contributed by atoms with van der Waals surface area (Å²) >= 11 is 12.0. The van der Waals surface area contributed by atoms with Gasteiger partial charge in [-0.25, -0.2) is 0 Å². The van der Waals surface area contributed by atoms with Gasteiger partial charge in [-0.3, -0.25) is 0 Å². The molecule has 0 aliphatic heterocycles. The third kappa shape index (κ3) is 5.21. The van der Waals surface area contributed by atoms with Crippen molar-refractivity contribution in [2.75, 3.05) is 18.5 Å². The molecule has 0 aliphatic rings. The summed E-state index contributed by atoms with van der Waals surface area (Å²) in [6.45, 7) is 1.07. The topological polar surface area (TPSA) is 41.5 Å². The van der Waals surface area contributed by atoms with E-state index in [0.717, 1.165) is 5.56 Å². The first kappa shape index (κ1) is 16.1. The molecule has 1 unspecified atom stereocenters. The van der Waals surface area contributed by atoms with Crippen molar-refractivity contribution in [2.24, 2.45) is 0 Å². The number of aliphatic hydroxyl groups excluding tert-OH is 1. The molecule has 2 rings (SSSR count). The molecular weight excluding hydrogens is 309 g/mol. The van der Waals surface area contributed by atoms with E-state index in [4.69, 9.17) is 27.9 Å². The van der Waals surface area contributed by atoms with Gasteiger partial charge in [-0.1, -0.05) is 59.6 Å². The fourth-order valence-electron chi connectivity index (χ4n) is 1.81. The molecule has 0 aromatic heterocycles. The Bertz CT molecular complexity index is 563. The Labute approximate surface area is 134 Å². The Hall–Kier alpha value is -1.26. The lowest BCUT2D eigenvalue weighted by Gasteiger charge is -2.14. The highest BCUT2D eigenvalue weighted by Crippen LogP contribution is 2.29. The Balaban J connectivity index is 1.72. The first-order chi connectivity index (χ1) is 10.2. The highest BCUT2D eigenvalue weighted by atomic mass is 35.5. The van der Waals surface area contributed by atoms with Gasteiger partial charge < -0.3 is 15.2 Å². The normalized spacial score (nSPS) is 12.1. The number of aliphatic hydroxyl groups is 1. The highest BCUT2D eigenvalue weighted by Gasteiger charge is 2.08. The summed E-state index contributed by atoms with van der Waals surface area (Å²) in [6, 6.07) is 15.2. The molecule has 112 valence electrons. The molecule has 2 N–H and O–H groups in total. The number of hydrogen-bond acceptors (Lipinski definition) is 3. The van der Waals surface area contributed by atoms with Crippen molar-refractivity contribution in [2.45, 2.75) is 12.7 Å². The Morgan fingerprint density at radius 1 is 1.05 bits per heavy atom. The molecule has 0 heterocycles. The van der Waals surface area contributed by atoms with E-state index in [1.807, 2.05) is 36.4 Å². The van der Waals surface area contributed by atoms with Crippen LogP contribution in [0.3, 0.4) is 0 Å². The van der Waals surface area contributed by atoms with Crippen LogP contribution in [0.2, 0.25) is 10.0 Å². The summed E-state index contributed by atoms with van der Waals surface area (Å²) in [5.41, 5.74) is 1.78. The Kier molecular flexibility index (Phi) is 6.33. The van der Waals surface area contributed by atoms with Crippen molar-refractivity contribution in [3.63, 3.8) is 0 Å². The number of ether oxygens (including phenoxy) is 1. The molecule has 2 aromatic rings. The van der Waals surface area contributed by atoms with E-state index in [1.165, 1.54) is 0 Å². The van der Waals surface area contributed by atoms with E-state index in [-0.39, 0.29) is 6.61 Å². The van der Waals surface area contributed by atoms with Crippen LogP contribution in [0.15, 0.2) is 48.5 Å². The second-order valence-corrected chi connectivity index (χ2v) is 5.42. The monoisotopic (exact) mass is 325 g/mol. The highest BCUT2D eigenvalue weighted by molar-refractivity contribution is 6.43. The zero-order valence-corrected chi connectivity index (χ0v) is 12.9. The van der Waals surface area contributed by atoms with Gasteiger partial charge >= 0.3 is 0 Å². The van der Waals surface area contributed by atoms with Crippen LogP contribution in [0.4, 0.5) is 5.69 Å². The number of hydrogen-bond donors (Lipinski definition) is 2. The van der Waals surface area contributed by atoms with Gasteiger partial charge in [0.05, 0.1) is 35.1 Å². The molecule has 0 aliphatic carbocycles. The predicted molar refractivity (Wildman–Crippen MR) is 87.1 cm³/mol. The fourth-order valence-corrected chi connectivity index (χ4v) is 2.18. The van der Waals surface area contributed by atoms with Crippen molar-refractivity contribution in [1.82, 2.24) is 0 Å². The molecule has 0 saturated carbocycles. The van der Waals surface area contributed by atoms with Crippen LogP contribution in [0.25, 0.3) is 0 Å². The van der Waals surface area contributed by atoms with Crippen molar-refractivity contribution in [3.8, 4) is 0 Å². The molecule has 21 heavy (non-hydrogen) atoms. The Morgan fingerprint density at radius 2 is 1.81 bits per heavy atom. The molecule has 0 saturated heterocycles. The summed E-state index contributed by atoms with van der Waals surface area (Å²) in [5.74, 6) is 0. The molecule has 0 fully saturated rings. The van der Waals surface area contributed by atoms with Crippen LogP contribution in [0.5, 0.6) is 0 Å². The average molecular weight is 326 g/mol. The summed E-state index contributed by atoms with van der Waals surface area (Å²) in [5, 5.41) is 13.9. The average Bonchev–Trinajstić information content (AvgIpc) is 2.50. The van der Waals surface area contributed by atoms with Crippen molar-refractivity contribution in [1.29, 1.82) is 0 Å². The lowest BCUT2D eigenvalue weighted by molar-refractivity contribution is 0.0348. The third-order valence-corrected chi connectivity index (χ3v) is 3.72. The zero-order chi connectivity index (χ0) is 15.1. The number of anilines is 1. The SMILES string of the molecule is OC(CNc1cccc(Cl)c1Cl)COCc1ccccc1. The molecule has 5 heteroatoms. The summed E-state index contributed by atoms with van der Waals surface area (Å²) in [7, 11) is 0. The van der Waals surface area contributed by atoms with Crippen molar-refractivity contribution >= 4 is 28.9 Å².